The third-order valence-electron chi connectivity index (χ3n) is 4.45. The molecule has 148 valence electrons. The summed E-state index contributed by atoms with van der Waals surface area (Å²) < 4.78 is 41.2. The van der Waals surface area contributed by atoms with Crippen LogP contribution in [0.3, 0.4) is 0 Å². The molecule has 0 aliphatic carbocycles. The van der Waals surface area contributed by atoms with Gasteiger partial charge in [0.25, 0.3) is 0 Å². The van der Waals surface area contributed by atoms with E-state index in [0.29, 0.717) is 0 Å². The maximum Gasteiger partial charge on any atom is 0.437 e. The number of aromatic hydroxyl groups is 1. The average Bonchev–Trinajstić information content (AvgIpc) is 2.60. The summed E-state index contributed by atoms with van der Waals surface area (Å²) in [6, 6.07) is 7.26. The van der Waals surface area contributed by atoms with Gasteiger partial charge in [0.1, 0.15) is 11.7 Å². The minimum Gasteiger partial charge on any atom is -0.508 e. The van der Waals surface area contributed by atoms with Crippen LogP contribution in [0.2, 0.25) is 5.02 Å². The summed E-state index contributed by atoms with van der Waals surface area (Å²) in [6.07, 6.45) is -5.35. The Hall–Kier alpha value is -2.78. The van der Waals surface area contributed by atoms with Gasteiger partial charge in [-0.3, -0.25) is 4.79 Å². The number of phenols is 1. The second-order valence-corrected chi connectivity index (χ2v) is 6.72. The number of amides is 2. The van der Waals surface area contributed by atoms with Crippen LogP contribution in [0.4, 0.5) is 18.0 Å². The number of benzene rings is 2. The van der Waals surface area contributed by atoms with E-state index in [1.807, 2.05) is 0 Å². The topological polar surface area (TPSA) is 98.7 Å². The van der Waals surface area contributed by atoms with E-state index in [1.165, 1.54) is 47.8 Å². The minimum absolute atomic E-state index is 0.0184. The van der Waals surface area contributed by atoms with E-state index >= 15 is 0 Å². The number of urea groups is 1. The van der Waals surface area contributed by atoms with Gasteiger partial charge in [0, 0.05) is 10.6 Å². The third kappa shape index (κ3) is 3.50. The predicted octanol–water partition coefficient (Wildman–Crippen LogP) is 3.15. The van der Waals surface area contributed by atoms with E-state index in [-0.39, 0.29) is 21.9 Å². The molecule has 0 spiro atoms. The second kappa shape index (κ2) is 6.99. The van der Waals surface area contributed by atoms with E-state index in [1.54, 1.807) is 0 Å². The van der Waals surface area contributed by atoms with Gasteiger partial charge in [-0.25, -0.2) is 4.79 Å². The fraction of sp³-hybridized carbons (Fsp3) is 0.222. The van der Waals surface area contributed by atoms with Crippen molar-refractivity contribution in [2.45, 2.75) is 17.9 Å². The van der Waals surface area contributed by atoms with Crippen LogP contribution in [0.25, 0.3) is 0 Å². The van der Waals surface area contributed by atoms with Crippen LogP contribution < -0.4 is 10.6 Å². The summed E-state index contributed by atoms with van der Waals surface area (Å²) in [5.41, 5.74) is -3.95. The monoisotopic (exact) mass is 414 g/mol. The zero-order chi connectivity index (χ0) is 20.7. The van der Waals surface area contributed by atoms with Gasteiger partial charge >= 0.3 is 12.2 Å². The lowest BCUT2D eigenvalue weighted by Crippen LogP contribution is -2.72. The number of hydrogen-bond donors (Lipinski definition) is 4. The van der Waals surface area contributed by atoms with Crippen LogP contribution in [-0.2, 0) is 0 Å². The lowest BCUT2D eigenvalue weighted by atomic mass is 9.77. The molecule has 2 aromatic rings. The van der Waals surface area contributed by atoms with Gasteiger partial charge in [-0.15, -0.1) is 0 Å². The molecule has 1 saturated heterocycles. The highest BCUT2D eigenvalue weighted by molar-refractivity contribution is 6.30. The zero-order valence-corrected chi connectivity index (χ0v) is 14.8. The molecule has 4 N–H and O–H groups in total. The minimum atomic E-state index is -5.35. The molecule has 6 nitrogen and oxygen atoms in total. The maximum absolute atomic E-state index is 13.7. The van der Waals surface area contributed by atoms with Crippen molar-refractivity contribution in [3.8, 4) is 5.75 Å². The molecule has 3 atom stereocenters. The molecule has 3 rings (SSSR count). The van der Waals surface area contributed by atoms with Crippen LogP contribution in [0.15, 0.2) is 48.5 Å². The Morgan fingerprint density at radius 2 is 1.79 bits per heavy atom. The highest BCUT2D eigenvalue weighted by Crippen LogP contribution is 2.44. The first-order valence-corrected chi connectivity index (χ1v) is 8.37. The van der Waals surface area contributed by atoms with Crippen LogP contribution >= 0.6 is 11.6 Å². The standard InChI is InChI=1S/C18H14ClF3N2O4/c19-11-6-4-9(5-7-11)15(26)13-14(10-2-1-3-12(25)8-10)23-16(27)24-17(13,28)18(20,21)22/h1-8,13-14,25,28H,(H2,23,24,27)/t13-,14-,17+/m0/s1. The van der Waals surface area contributed by atoms with Crippen molar-refractivity contribution in [3.05, 3.63) is 64.7 Å². The highest BCUT2D eigenvalue weighted by atomic mass is 35.5. The summed E-state index contributed by atoms with van der Waals surface area (Å²) in [7, 11) is 0. The fourth-order valence-corrected chi connectivity index (χ4v) is 3.25. The number of hydrogen-bond acceptors (Lipinski definition) is 4. The molecule has 1 heterocycles. The van der Waals surface area contributed by atoms with E-state index in [0.717, 1.165) is 6.07 Å². The number of carbonyl (C=O) groups is 2. The molecule has 10 heteroatoms. The van der Waals surface area contributed by atoms with E-state index in [4.69, 9.17) is 11.6 Å². The fourth-order valence-electron chi connectivity index (χ4n) is 3.13. The van der Waals surface area contributed by atoms with Crippen LogP contribution in [0, 0.1) is 5.92 Å². The maximum atomic E-state index is 13.7. The Morgan fingerprint density at radius 1 is 1.14 bits per heavy atom. The van der Waals surface area contributed by atoms with Gasteiger partial charge in [-0.1, -0.05) is 23.7 Å². The molecule has 2 aromatic carbocycles. The molecule has 0 bridgehead atoms. The first-order chi connectivity index (χ1) is 13.0. The average molecular weight is 415 g/mol. The number of nitrogens with one attached hydrogen (secondary N) is 2. The van der Waals surface area contributed by atoms with Crippen molar-refractivity contribution < 1.29 is 33.0 Å². The molecule has 1 aliphatic rings. The van der Waals surface area contributed by atoms with Crippen LogP contribution in [0.5, 0.6) is 5.75 Å². The first kappa shape index (κ1) is 20.0. The summed E-state index contributed by atoms with van der Waals surface area (Å²) in [5, 5.41) is 24.0. The number of carbonyl (C=O) groups excluding carboxylic acids is 2. The Labute approximate surface area is 161 Å². The van der Waals surface area contributed by atoms with Gasteiger partial charge in [-0.2, -0.15) is 13.2 Å². The van der Waals surface area contributed by atoms with Crippen molar-refractivity contribution in [1.82, 2.24) is 10.6 Å². The second-order valence-electron chi connectivity index (χ2n) is 6.28. The number of halogens is 4. The molecular formula is C18H14ClF3N2O4. The molecule has 28 heavy (non-hydrogen) atoms. The van der Waals surface area contributed by atoms with Gasteiger partial charge in [0.05, 0.1) is 6.04 Å². The normalized spacial score (nSPS) is 25.0. The quantitative estimate of drug-likeness (QED) is 0.580. The Balaban J connectivity index is 2.16. The highest BCUT2D eigenvalue weighted by Gasteiger charge is 2.66. The van der Waals surface area contributed by atoms with Crippen molar-refractivity contribution in [3.63, 3.8) is 0 Å². The Kier molecular flexibility index (Phi) is 4.99. The largest absolute Gasteiger partial charge is 0.508 e. The first-order valence-electron chi connectivity index (χ1n) is 7.99. The molecule has 1 fully saturated rings. The van der Waals surface area contributed by atoms with Crippen LogP contribution in [-0.4, -0.2) is 33.9 Å². The molecule has 0 unspecified atom stereocenters. The lowest BCUT2D eigenvalue weighted by Gasteiger charge is -2.45. The van der Waals surface area contributed by atoms with Gasteiger partial charge < -0.3 is 20.8 Å². The van der Waals surface area contributed by atoms with E-state index in [2.05, 4.69) is 5.32 Å². The van der Waals surface area contributed by atoms with Crippen molar-refractivity contribution in [2.24, 2.45) is 5.92 Å². The Bertz CT molecular complexity index is 920. The smallest absolute Gasteiger partial charge is 0.437 e. The van der Waals surface area contributed by atoms with Crippen molar-refractivity contribution in [1.29, 1.82) is 0 Å². The van der Waals surface area contributed by atoms with E-state index in [9.17, 15) is 33.0 Å². The van der Waals surface area contributed by atoms with Gasteiger partial charge in [0.15, 0.2) is 5.78 Å². The van der Waals surface area contributed by atoms with Crippen LogP contribution in [0.1, 0.15) is 22.0 Å². The molecular weight excluding hydrogens is 401 g/mol. The van der Waals surface area contributed by atoms with Crippen molar-refractivity contribution >= 4 is 23.4 Å². The Morgan fingerprint density at radius 3 is 2.36 bits per heavy atom. The molecule has 0 aromatic heterocycles. The molecule has 0 saturated carbocycles. The lowest BCUT2D eigenvalue weighted by molar-refractivity contribution is -0.287. The summed E-state index contributed by atoms with van der Waals surface area (Å²) >= 11 is 5.75. The third-order valence-corrected chi connectivity index (χ3v) is 4.70. The van der Waals surface area contributed by atoms with E-state index < -0.39 is 35.7 Å². The predicted molar refractivity (Wildman–Crippen MR) is 92.8 cm³/mol. The number of alkyl halides is 3. The number of ketones is 1. The number of aliphatic hydroxyl groups is 1. The SMILES string of the molecule is O=C1N[C@@H](c2cccc(O)c2)[C@@H](C(=O)c2ccc(Cl)cc2)[C@@](O)(C(F)(F)F)N1. The summed E-state index contributed by atoms with van der Waals surface area (Å²) in [5.74, 6) is -3.52. The number of Topliss-reactive ketones (excluding diaryl/α,β-unsaturated/α-hetero) is 1. The number of phenolic OH excluding ortho intramolecular Hbond substituents is 1. The van der Waals surface area contributed by atoms with Gasteiger partial charge in [0.2, 0.25) is 5.72 Å². The summed E-state index contributed by atoms with van der Waals surface area (Å²) in [6.45, 7) is 0. The van der Waals surface area contributed by atoms with Crippen molar-refractivity contribution in [2.75, 3.05) is 0 Å². The zero-order valence-electron chi connectivity index (χ0n) is 14.0. The number of rotatable bonds is 3. The molecule has 1 aliphatic heterocycles. The molecule has 0 radical (unpaired) electrons. The molecule has 2 amide bonds. The summed E-state index contributed by atoms with van der Waals surface area (Å²) in [4.78, 5) is 24.9. The van der Waals surface area contributed by atoms with Gasteiger partial charge in [-0.05, 0) is 42.0 Å².